The maximum absolute atomic E-state index is 5.41. The number of hydrogen-bond donors (Lipinski definition) is 1. The molecular formula is C12H19NO2. The molecule has 0 saturated heterocycles. The van der Waals surface area contributed by atoms with Gasteiger partial charge in [0.25, 0.3) is 0 Å². The first kappa shape index (κ1) is 11.9. The molecule has 0 spiro atoms. The van der Waals surface area contributed by atoms with Crippen LogP contribution in [0.4, 0.5) is 5.69 Å². The van der Waals surface area contributed by atoms with Gasteiger partial charge in [-0.1, -0.05) is 6.07 Å². The van der Waals surface area contributed by atoms with Gasteiger partial charge in [-0.25, -0.2) is 0 Å². The van der Waals surface area contributed by atoms with E-state index in [1.54, 1.807) is 7.11 Å². The predicted molar refractivity (Wildman–Crippen MR) is 62.6 cm³/mol. The van der Waals surface area contributed by atoms with Crippen molar-refractivity contribution in [2.45, 2.75) is 20.0 Å². The highest BCUT2D eigenvalue weighted by Crippen LogP contribution is 2.17. The third kappa shape index (κ3) is 4.21. The number of anilines is 1. The van der Waals surface area contributed by atoms with Crippen molar-refractivity contribution < 1.29 is 9.47 Å². The van der Waals surface area contributed by atoms with Crippen LogP contribution in [0, 0.1) is 0 Å². The van der Waals surface area contributed by atoms with Crippen LogP contribution >= 0.6 is 0 Å². The second-order valence-corrected chi connectivity index (χ2v) is 3.39. The molecule has 0 heterocycles. The van der Waals surface area contributed by atoms with E-state index in [1.807, 2.05) is 38.1 Å². The Balaban J connectivity index is 2.50. The van der Waals surface area contributed by atoms with Gasteiger partial charge < -0.3 is 14.8 Å². The Kier molecular flexibility index (Phi) is 4.98. The van der Waals surface area contributed by atoms with Gasteiger partial charge in [-0.15, -0.1) is 0 Å². The zero-order valence-electron chi connectivity index (χ0n) is 9.62. The summed E-state index contributed by atoms with van der Waals surface area (Å²) in [5.41, 5.74) is 1.06. The first-order valence-corrected chi connectivity index (χ1v) is 5.25. The van der Waals surface area contributed by atoms with Crippen molar-refractivity contribution in [3.05, 3.63) is 24.3 Å². The van der Waals surface area contributed by atoms with Crippen molar-refractivity contribution >= 4 is 5.69 Å². The summed E-state index contributed by atoms with van der Waals surface area (Å²) in [5, 5.41) is 3.29. The largest absolute Gasteiger partial charge is 0.494 e. The fourth-order valence-electron chi connectivity index (χ4n) is 1.21. The van der Waals surface area contributed by atoms with Gasteiger partial charge in [-0.2, -0.15) is 0 Å². The molecule has 0 radical (unpaired) electrons. The molecule has 3 heteroatoms. The van der Waals surface area contributed by atoms with Crippen molar-refractivity contribution in [2.75, 3.05) is 25.6 Å². The number of benzene rings is 1. The lowest BCUT2D eigenvalue weighted by Gasteiger charge is -2.12. The third-order valence-electron chi connectivity index (χ3n) is 2.14. The molecule has 0 saturated carbocycles. The molecule has 0 aromatic heterocycles. The van der Waals surface area contributed by atoms with Gasteiger partial charge >= 0.3 is 0 Å². The minimum atomic E-state index is 0.209. The predicted octanol–water partition coefficient (Wildman–Crippen LogP) is 2.53. The fourth-order valence-corrected chi connectivity index (χ4v) is 1.21. The second-order valence-electron chi connectivity index (χ2n) is 3.39. The van der Waals surface area contributed by atoms with E-state index in [0.29, 0.717) is 6.61 Å². The molecule has 15 heavy (non-hydrogen) atoms. The molecule has 0 bridgehead atoms. The van der Waals surface area contributed by atoms with Gasteiger partial charge in [-0.3, -0.25) is 0 Å². The molecule has 84 valence electrons. The summed E-state index contributed by atoms with van der Waals surface area (Å²) < 4.78 is 10.6. The van der Waals surface area contributed by atoms with Crippen molar-refractivity contribution in [1.29, 1.82) is 0 Å². The van der Waals surface area contributed by atoms with Gasteiger partial charge in [0, 0.05) is 25.4 Å². The molecule has 1 atom stereocenters. The molecule has 0 aliphatic carbocycles. The van der Waals surface area contributed by atoms with Crippen LogP contribution in [0.1, 0.15) is 13.8 Å². The lowest BCUT2D eigenvalue weighted by Crippen LogP contribution is -2.17. The van der Waals surface area contributed by atoms with E-state index in [0.717, 1.165) is 18.0 Å². The fraction of sp³-hybridized carbons (Fsp3) is 0.500. The first-order chi connectivity index (χ1) is 7.26. The smallest absolute Gasteiger partial charge is 0.121 e. The van der Waals surface area contributed by atoms with Crippen molar-refractivity contribution in [1.82, 2.24) is 0 Å². The summed E-state index contributed by atoms with van der Waals surface area (Å²) in [7, 11) is 1.71. The summed E-state index contributed by atoms with van der Waals surface area (Å²) >= 11 is 0. The Labute approximate surface area is 91.4 Å². The number of nitrogens with one attached hydrogen (secondary N) is 1. The zero-order chi connectivity index (χ0) is 11.1. The second kappa shape index (κ2) is 6.30. The number of methoxy groups -OCH3 is 1. The van der Waals surface area contributed by atoms with Gasteiger partial charge in [-0.05, 0) is 26.0 Å². The Morgan fingerprint density at radius 2 is 2.20 bits per heavy atom. The van der Waals surface area contributed by atoms with Crippen molar-refractivity contribution in [3.63, 3.8) is 0 Å². The van der Waals surface area contributed by atoms with E-state index < -0.39 is 0 Å². The minimum absolute atomic E-state index is 0.209. The lowest BCUT2D eigenvalue weighted by molar-refractivity contribution is 0.129. The van der Waals surface area contributed by atoms with Gasteiger partial charge in [0.1, 0.15) is 5.75 Å². The van der Waals surface area contributed by atoms with E-state index in [4.69, 9.17) is 9.47 Å². The van der Waals surface area contributed by atoms with Crippen LogP contribution in [-0.4, -0.2) is 26.4 Å². The molecule has 0 amide bonds. The summed E-state index contributed by atoms with van der Waals surface area (Å²) in [4.78, 5) is 0. The van der Waals surface area contributed by atoms with Crippen LogP contribution < -0.4 is 10.1 Å². The average molecular weight is 209 g/mol. The number of ether oxygens (including phenoxy) is 2. The maximum atomic E-state index is 5.41. The number of hydrogen-bond acceptors (Lipinski definition) is 3. The van der Waals surface area contributed by atoms with Crippen LogP contribution in [0.2, 0.25) is 0 Å². The maximum Gasteiger partial charge on any atom is 0.121 e. The van der Waals surface area contributed by atoms with Crippen LogP contribution in [0.25, 0.3) is 0 Å². The van der Waals surface area contributed by atoms with E-state index in [1.165, 1.54) is 0 Å². The lowest BCUT2D eigenvalue weighted by atomic mass is 10.3. The van der Waals surface area contributed by atoms with Gasteiger partial charge in [0.2, 0.25) is 0 Å². The highest BCUT2D eigenvalue weighted by Gasteiger charge is 1.99. The van der Waals surface area contributed by atoms with Gasteiger partial charge in [0.15, 0.2) is 0 Å². The first-order valence-electron chi connectivity index (χ1n) is 5.25. The Hall–Kier alpha value is -1.22. The van der Waals surface area contributed by atoms with E-state index in [9.17, 15) is 0 Å². The normalized spacial score (nSPS) is 12.2. The third-order valence-corrected chi connectivity index (χ3v) is 2.14. The van der Waals surface area contributed by atoms with Gasteiger partial charge in [0.05, 0.1) is 12.7 Å². The van der Waals surface area contributed by atoms with Crippen LogP contribution in [-0.2, 0) is 4.74 Å². The van der Waals surface area contributed by atoms with E-state index >= 15 is 0 Å². The van der Waals surface area contributed by atoms with E-state index in [-0.39, 0.29) is 6.10 Å². The zero-order valence-corrected chi connectivity index (χ0v) is 9.62. The Morgan fingerprint density at radius 3 is 2.87 bits per heavy atom. The van der Waals surface area contributed by atoms with Crippen LogP contribution in [0.5, 0.6) is 5.75 Å². The van der Waals surface area contributed by atoms with E-state index in [2.05, 4.69) is 5.32 Å². The van der Waals surface area contributed by atoms with Crippen molar-refractivity contribution in [2.24, 2.45) is 0 Å². The SMILES string of the molecule is CCOc1cccc(NCC(C)OC)c1. The Bertz CT molecular complexity index is 289. The minimum Gasteiger partial charge on any atom is -0.494 e. The average Bonchev–Trinajstić information content (AvgIpc) is 2.27. The summed E-state index contributed by atoms with van der Waals surface area (Å²) in [5.74, 6) is 0.896. The summed E-state index contributed by atoms with van der Waals surface area (Å²) in [6.07, 6.45) is 0.209. The molecule has 1 unspecified atom stereocenters. The van der Waals surface area contributed by atoms with Crippen molar-refractivity contribution in [3.8, 4) is 5.75 Å². The molecule has 0 fully saturated rings. The summed E-state index contributed by atoms with van der Waals surface area (Å²) in [6.45, 7) is 5.50. The number of rotatable bonds is 6. The van der Waals surface area contributed by atoms with Crippen LogP contribution in [0.15, 0.2) is 24.3 Å². The van der Waals surface area contributed by atoms with Crippen LogP contribution in [0.3, 0.4) is 0 Å². The molecule has 1 N–H and O–H groups in total. The molecule has 1 aromatic carbocycles. The molecule has 0 aliphatic heterocycles. The highest BCUT2D eigenvalue weighted by molar-refractivity contribution is 5.48. The quantitative estimate of drug-likeness (QED) is 0.781. The molecule has 3 nitrogen and oxygen atoms in total. The highest BCUT2D eigenvalue weighted by atomic mass is 16.5. The Morgan fingerprint density at radius 1 is 1.40 bits per heavy atom. The monoisotopic (exact) mass is 209 g/mol. The topological polar surface area (TPSA) is 30.5 Å². The molecule has 1 aromatic rings. The standard InChI is InChI=1S/C12H19NO2/c1-4-15-12-7-5-6-11(8-12)13-9-10(2)14-3/h5-8,10,13H,4,9H2,1-3H3. The molecular weight excluding hydrogens is 190 g/mol. The molecule has 1 rings (SSSR count). The summed E-state index contributed by atoms with van der Waals surface area (Å²) in [6, 6.07) is 7.94. The molecule has 0 aliphatic rings.